The van der Waals surface area contributed by atoms with Crippen molar-refractivity contribution < 1.29 is 14.7 Å². The second-order valence-corrected chi connectivity index (χ2v) is 5.21. The molecule has 1 rings (SSSR count). The van der Waals surface area contributed by atoms with Crippen LogP contribution in [0, 0.1) is 5.41 Å². The highest BCUT2D eigenvalue weighted by Gasteiger charge is 2.38. The molecule has 4 heteroatoms. The zero-order valence-electron chi connectivity index (χ0n) is 11.9. The first-order chi connectivity index (χ1) is 8.80. The number of hydrogen-bond acceptors (Lipinski definition) is 2. The molecule has 1 N–H and O–H groups in total. The molecule has 4 nitrogen and oxygen atoms in total. The van der Waals surface area contributed by atoms with Crippen LogP contribution >= 0.6 is 0 Å². The number of carbonyl (C=O) groups excluding carboxylic acids is 1. The molecule has 104 valence electrons. The smallest absolute Gasteiger partial charge is 0.318 e. The standard InChI is InChI=1S/C15H21NO3/c1-5-6-11-7-9-12(10-8-11)16(4)13(17)15(2,3)14(18)19/h7-10H,5-6H2,1-4H3,(H,18,19). The molecular formula is C15H21NO3. The first-order valence-corrected chi connectivity index (χ1v) is 6.41. The Balaban J connectivity index is 2.91. The topological polar surface area (TPSA) is 57.6 Å². The number of carboxylic acids is 1. The minimum Gasteiger partial charge on any atom is -0.480 e. The number of hydrogen-bond donors (Lipinski definition) is 1. The van der Waals surface area contributed by atoms with Crippen molar-refractivity contribution in [3.63, 3.8) is 0 Å². The second-order valence-electron chi connectivity index (χ2n) is 5.21. The van der Waals surface area contributed by atoms with E-state index in [-0.39, 0.29) is 0 Å². The molecule has 0 aliphatic carbocycles. The second kappa shape index (κ2) is 5.87. The lowest BCUT2D eigenvalue weighted by molar-refractivity contribution is -0.152. The normalized spacial score (nSPS) is 11.2. The van der Waals surface area contributed by atoms with Crippen LogP contribution in [0.5, 0.6) is 0 Å². The van der Waals surface area contributed by atoms with Gasteiger partial charge in [0.1, 0.15) is 5.41 Å². The van der Waals surface area contributed by atoms with Gasteiger partial charge in [0.15, 0.2) is 0 Å². The van der Waals surface area contributed by atoms with E-state index in [2.05, 4.69) is 6.92 Å². The van der Waals surface area contributed by atoms with Crippen LogP contribution in [-0.2, 0) is 16.0 Å². The molecule has 19 heavy (non-hydrogen) atoms. The van der Waals surface area contributed by atoms with Gasteiger partial charge in [-0.2, -0.15) is 0 Å². The van der Waals surface area contributed by atoms with Gasteiger partial charge in [-0.1, -0.05) is 25.5 Å². The minimum absolute atomic E-state index is 0.428. The number of aliphatic carboxylic acids is 1. The van der Waals surface area contributed by atoms with Gasteiger partial charge in [0.25, 0.3) is 0 Å². The molecule has 0 aliphatic heterocycles. The number of aryl methyl sites for hydroxylation is 1. The molecule has 1 aromatic rings. The van der Waals surface area contributed by atoms with Crippen LogP contribution in [0.2, 0.25) is 0 Å². The predicted octanol–water partition coefficient (Wildman–Crippen LogP) is 2.71. The van der Waals surface area contributed by atoms with Gasteiger partial charge in [0.05, 0.1) is 0 Å². The fourth-order valence-electron chi connectivity index (χ4n) is 1.80. The summed E-state index contributed by atoms with van der Waals surface area (Å²) in [4.78, 5) is 24.6. The fourth-order valence-corrected chi connectivity index (χ4v) is 1.80. The van der Waals surface area contributed by atoms with Crippen molar-refractivity contribution in [2.75, 3.05) is 11.9 Å². The molecule has 0 aliphatic rings. The quantitative estimate of drug-likeness (QED) is 0.831. The Labute approximate surface area is 114 Å². The summed E-state index contributed by atoms with van der Waals surface area (Å²) < 4.78 is 0. The zero-order valence-corrected chi connectivity index (χ0v) is 11.9. The van der Waals surface area contributed by atoms with E-state index in [9.17, 15) is 9.59 Å². The SMILES string of the molecule is CCCc1ccc(N(C)C(=O)C(C)(C)C(=O)O)cc1. The zero-order chi connectivity index (χ0) is 14.6. The van der Waals surface area contributed by atoms with Crippen LogP contribution in [-0.4, -0.2) is 24.0 Å². The third-order valence-corrected chi connectivity index (χ3v) is 3.24. The van der Waals surface area contributed by atoms with E-state index >= 15 is 0 Å². The average molecular weight is 263 g/mol. The van der Waals surface area contributed by atoms with Crippen molar-refractivity contribution in [2.24, 2.45) is 5.41 Å². The predicted molar refractivity (Wildman–Crippen MR) is 75.3 cm³/mol. The number of carbonyl (C=O) groups is 2. The van der Waals surface area contributed by atoms with E-state index in [1.54, 1.807) is 7.05 Å². The van der Waals surface area contributed by atoms with Gasteiger partial charge in [0, 0.05) is 12.7 Å². The lowest BCUT2D eigenvalue weighted by Gasteiger charge is -2.26. The summed E-state index contributed by atoms with van der Waals surface area (Å²) in [5, 5.41) is 9.07. The van der Waals surface area contributed by atoms with Crippen LogP contribution in [0.25, 0.3) is 0 Å². The van der Waals surface area contributed by atoms with E-state index in [0.717, 1.165) is 12.8 Å². The van der Waals surface area contributed by atoms with Crippen LogP contribution in [0.3, 0.4) is 0 Å². The largest absolute Gasteiger partial charge is 0.480 e. The van der Waals surface area contributed by atoms with Crippen molar-refractivity contribution in [1.82, 2.24) is 0 Å². The Morgan fingerprint density at radius 2 is 1.74 bits per heavy atom. The van der Waals surface area contributed by atoms with E-state index < -0.39 is 17.3 Å². The van der Waals surface area contributed by atoms with Crippen LogP contribution in [0.1, 0.15) is 32.8 Å². The molecule has 0 aromatic heterocycles. The molecule has 1 aromatic carbocycles. The summed E-state index contributed by atoms with van der Waals surface area (Å²) in [7, 11) is 1.60. The van der Waals surface area contributed by atoms with Crippen molar-refractivity contribution in [3.05, 3.63) is 29.8 Å². The minimum atomic E-state index is -1.42. The van der Waals surface area contributed by atoms with E-state index in [1.807, 2.05) is 24.3 Å². The summed E-state index contributed by atoms with van der Waals surface area (Å²) in [5.74, 6) is -1.55. The molecule has 0 spiro atoms. The van der Waals surface area contributed by atoms with Crippen molar-refractivity contribution in [2.45, 2.75) is 33.6 Å². The Morgan fingerprint density at radius 3 is 2.16 bits per heavy atom. The summed E-state index contributed by atoms with van der Waals surface area (Å²) in [6.07, 6.45) is 2.07. The Morgan fingerprint density at radius 1 is 1.21 bits per heavy atom. The molecule has 0 radical (unpaired) electrons. The van der Waals surface area contributed by atoms with Gasteiger partial charge in [-0.15, -0.1) is 0 Å². The number of nitrogens with zero attached hydrogens (tertiary/aromatic N) is 1. The molecular weight excluding hydrogens is 242 g/mol. The molecule has 0 atom stereocenters. The van der Waals surface area contributed by atoms with Gasteiger partial charge in [-0.25, -0.2) is 0 Å². The lowest BCUT2D eigenvalue weighted by atomic mass is 9.92. The monoisotopic (exact) mass is 263 g/mol. The van der Waals surface area contributed by atoms with Crippen molar-refractivity contribution in [1.29, 1.82) is 0 Å². The maximum Gasteiger partial charge on any atom is 0.318 e. The molecule has 0 saturated heterocycles. The number of amides is 1. The molecule has 0 saturated carbocycles. The molecule has 0 unspecified atom stereocenters. The van der Waals surface area contributed by atoms with Gasteiger partial charge in [-0.05, 0) is 38.0 Å². The van der Waals surface area contributed by atoms with Crippen molar-refractivity contribution in [3.8, 4) is 0 Å². The molecule has 0 bridgehead atoms. The Kier molecular flexibility index (Phi) is 4.70. The third-order valence-electron chi connectivity index (χ3n) is 3.24. The van der Waals surface area contributed by atoms with E-state index in [0.29, 0.717) is 5.69 Å². The highest BCUT2D eigenvalue weighted by atomic mass is 16.4. The molecule has 1 amide bonds. The molecule has 0 heterocycles. The Bertz CT molecular complexity index is 463. The van der Waals surface area contributed by atoms with Gasteiger partial charge >= 0.3 is 5.97 Å². The number of benzene rings is 1. The van der Waals surface area contributed by atoms with Gasteiger partial charge in [0.2, 0.25) is 5.91 Å². The number of rotatable bonds is 5. The summed E-state index contributed by atoms with van der Waals surface area (Å²) >= 11 is 0. The van der Waals surface area contributed by atoms with E-state index in [1.165, 1.54) is 24.3 Å². The average Bonchev–Trinajstić information content (AvgIpc) is 2.38. The third kappa shape index (κ3) is 3.34. The summed E-state index contributed by atoms with van der Waals surface area (Å²) in [5.41, 5.74) is 0.500. The van der Waals surface area contributed by atoms with Crippen LogP contribution in [0.15, 0.2) is 24.3 Å². The van der Waals surface area contributed by atoms with Crippen molar-refractivity contribution >= 4 is 17.6 Å². The first-order valence-electron chi connectivity index (χ1n) is 6.41. The van der Waals surface area contributed by atoms with Crippen LogP contribution < -0.4 is 4.90 Å². The first kappa shape index (κ1) is 15.2. The van der Waals surface area contributed by atoms with E-state index in [4.69, 9.17) is 5.11 Å². The summed E-state index contributed by atoms with van der Waals surface area (Å²) in [6, 6.07) is 7.63. The number of carboxylic acid groups (broad SMARTS) is 1. The Hall–Kier alpha value is -1.84. The highest BCUT2D eigenvalue weighted by Crippen LogP contribution is 2.23. The molecule has 0 fully saturated rings. The number of anilines is 1. The maximum atomic E-state index is 12.2. The summed E-state index contributed by atoms with van der Waals surface area (Å²) in [6.45, 7) is 4.94. The fraction of sp³-hybridized carbons (Fsp3) is 0.467. The maximum absolute atomic E-state index is 12.2. The van der Waals surface area contributed by atoms with Crippen LogP contribution in [0.4, 0.5) is 5.69 Å². The van der Waals surface area contributed by atoms with Gasteiger partial charge in [-0.3, -0.25) is 9.59 Å². The van der Waals surface area contributed by atoms with Gasteiger partial charge < -0.3 is 10.0 Å². The highest BCUT2D eigenvalue weighted by molar-refractivity contribution is 6.08. The lowest BCUT2D eigenvalue weighted by Crippen LogP contribution is -2.43.